The average Bonchev–Trinajstić information content (AvgIpc) is 2.54. The minimum atomic E-state index is 0. The second kappa shape index (κ2) is 8.36. The summed E-state index contributed by atoms with van der Waals surface area (Å²) in [6, 6.07) is 15.4. The van der Waals surface area contributed by atoms with Crippen LogP contribution in [0.25, 0.3) is 21.5 Å². The van der Waals surface area contributed by atoms with E-state index >= 15 is 0 Å². The first-order valence-corrected chi connectivity index (χ1v) is 5.31. The van der Waals surface area contributed by atoms with Crippen molar-refractivity contribution in [3.05, 3.63) is 53.6 Å². The standard InChI is InChI=1S/C15H13.3ClH.Hf/c1-10-7-11(2)15-13(8-10)9-12-5-3-4-6-14(12)15;;;;/h3-9H,1-2H3;3*1H;/q-1;;;;+4/p-3. The Hall–Kier alpha value is 0.0501. The SMILES string of the molecule is Cc1cc(C)c2c(c1)[cH-]c1ccccc12.[Cl-].[Cl-].[Cl-].[Hf+4]. The van der Waals surface area contributed by atoms with E-state index in [9.17, 15) is 0 Å². The summed E-state index contributed by atoms with van der Waals surface area (Å²) in [5.74, 6) is 0. The maximum atomic E-state index is 2.28. The first-order chi connectivity index (χ1) is 7.25. The van der Waals surface area contributed by atoms with Gasteiger partial charge in [0, 0.05) is 0 Å². The molecule has 0 heterocycles. The summed E-state index contributed by atoms with van der Waals surface area (Å²) in [5, 5.41) is 5.51. The molecule has 0 nitrogen and oxygen atoms in total. The predicted molar refractivity (Wildman–Crippen MR) is 66.5 cm³/mol. The van der Waals surface area contributed by atoms with Crippen LogP contribution in [0.3, 0.4) is 0 Å². The molecule has 0 atom stereocenters. The van der Waals surface area contributed by atoms with E-state index in [0.29, 0.717) is 0 Å². The van der Waals surface area contributed by atoms with Gasteiger partial charge in [0.2, 0.25) is 0 Å². The van der Waals surface area contributed by atoms with Crippen molar-refractivity contribution < 1.29 is 63.1 Å². The smallest absolute Gasteiger partial charge is 1.00 e. The number of hydrogen-bond donors (Lipinski definition) is 0. The maximum absolute atomic E-state index is 2.28. The Morgan fingerprint density at radius 1 is 0.842 bits per heavy atom. The number of aryl methyl sites for hydroxylation is 2. The van der Waals surface area contributed by atoms with E-state index in [0.717, 1.165) is 0 Å². The van der Waals surface area contributed by atoms with Crippen LogP contribution in [-0.2, 0) is 25.8 Å². The van der Waals surface area contributed by atoms with E-state index in [2.05, 4.69) is 56.3 Å². The quantitative estimate of drug-likeness (QED) is 0.226. The Kier molecular flexibility index (Phi) is 9.40. The van der Waals surface area contributed by atoms with E-state index in [-0.39, 0.29) is 63.1 Å². The first kappa shape index (κ1) is 21.4. The van der Waals surface area contributed by atoms with Crippen LogP contribution in [0.1, 0.15) is 11.1 Å². The summed E-state index contributed by atoms with van der Waals surface area (Å²) in [7, 11) is 0. The number of rotatable bonds is 0. The second-order valence-electron chi connectivity index (χ2n) is 4.28. The molecule has 0 aliphatic carbocycles. The van der Waals surface area contributed by atoms with Crippen molar-refractivity contribution in [2.24, 2.45) is 0 Å². The largest absolute Gasteiger partial charge is 4.00 e. The fraction of sp³-hybridized carbons (Fsp3) is 0.133. The third-order valence-corrected chi connectivity index (χ3v) is 3.05. The predicted octanol–water partition coefficient (Wildman–Crippen LogP) is -4.66. The molecule has 98 valence electrons. The maximum Gasteiger partial charge on any atom is 4.00 e. The van der Waals surface area contributed by atoms with Gasteiger partial charge in [0.15, 0.2) is 0 Å². The zero-order chi connectivity index (χ0) is 10.4. The van der Waals surface area contributed by atoms with Crippen molar-refractivity contribution in [2.75, 3.05) is 0 Å². The van der Waals surface area contributed by atoms with Gasteiger partial charge in [-0.15, -0.1) is 39.7 Å². The van der Waals surface area contributed by atoms with Crippen molar-refractivity contribution in [1.82, 2.24) is 0 Å². The topological polar surface area (TPSA) is 0 Å². The van der Waals surface area contributed by atoms with E-state index in [1.807, 2.05) is 0 Å². The molecule has 0 aliphatic heterocycles. The van der Waals surface area contributed by atoms with E-state index < -0.39 is 0 Å². The minimum absolute atomic E-state index is 0. The third-order valence-electron chi connectivity index (χ3n) is 3.05. The molecular formula is C15H13Cl3Hf. The van der Waals surface area contributed by atoms with Gasteiger partial charge in [-0.05, 0) is 13.8 Å². The molecule has 0 fully saturated rings. The summed E-state index contributed by atoms with van der Waals surface area (Å²) < 4.78 is 0. The number of halogens is 3. The first-order valence-electron chi connectivity index (χ1n) is 5.31. The molecular weight excluding hydrogens is 465 g/mol. The van der Waals surface area contributed by atoms with E-state index in [1.165, 1.54) is 32.7 Å². The van der Waals surface area contributed by atoms with Crippen LogP contribution < -0.4 is 37.2 Å². The summed E-state index contributed by atoms with van der Waals surface area (Å²) in [6.45, 7) is 4.35. The van der Waals surface area contributed by atoms with Crippen molar-refractivity contribution in [1.29, 1.82) is 0 Å². The molecule has 0 amide bonds. The molecule has 0 saturated carbocycles. The van der Waals surface area contributed by atoms with Crippen LogP contribution in [-0.4, -0.2) is 0 Å². The summed E-state index contributed by atoms with van der Waals surface area (Å²) in [6.07, 6.45) is 0. The van der Waals surface area contributed by atoms with Crippen LogP contribution in [0, 0.1) is 13.8 Å². The fourth-order valence-corrected chi connectivity index (χ4v) is 2.50. The Morgan fingerprint density at radius 3 is 2.16 bits per heavy atom. The molecule has 0 unspecified atom stereocenters. The van der Waals surface area contributed by atoms with Crippen molar-refractivity contribution >= 4 is 21.5 Å². The van der Waals surface area contributed by atoms with Crippen LogP contribution in [0.4, 0.5) is 0 Å². The average molecular weight is 478 g/mol. The molecule has 0 aliphatic rings. The van der Waals surface area contributed by atoms with E-state index in [1.54, 1.807) is 0 Å². The molecule has 0 aromatic heterocycles. The van der Waals surface area contributed by atoms with Crippen LogP contribution in [0.15, 0.2) is 42.5 Å². The van der Waals surface area contributed by atoms with Gasteiger partial charge in [-0.1, -0.05) is 35.4 Å². The zero-order valence-electron chi connectivity index (χ0n) is 10.7. The summed E-state index contributed by atoms with van der Waals surface area (Å²) >= 11 is 0. The second-order valence-corrected chi connectivity index (χ2v) is 4.28. The van der Waals surface area contributed by atoms with Crippen molar-refractivity contribution in [3.8, 4) is 0 Å². The fourth-order valence-electron chi connectivity index (χ4n) is 2.50. The summed E-state index contributed by atoms with van der Waals surface area (Å²) in [4.78, 5) is 0. The zero-order valence-corrected chi connectivity index (χ0v) is 16.5. The van der Waals surface area contributed by atoms with Crippen LogP contribution in [0.5, 0.6) is 0 Å². The van der Waals surface area contributed by atoms with Crippen LogP contribution >= 0.6 is 0 Å². The Morgan fingerprint density at radius 2 is 1.47 bits per heavy atom. The Labute approximate surface area is 151 Å². The number of fused-ring (bicyclic) bond motifs is 3. The molecule has 0 N–H and O–H groups in total. The van der Waals surface area contributed by atoms with Gasteiger partial charge in [0.05, 0.1) is 0 Å². The van der Waals surface area contributed by atoms with Gasteiger partial charge in [-0.3, -0.25) is 0 Å². The Bertz CT molecular complexity index is 659. The van der Waals surface area contributed by atoms with Gasteiger partial charge >= 0.3 is 25.8 Å². The van der Waals surface area contributed by atoms with Gasteiger partial charge in [0.25, 0.3) is 0 Å². The number of benzene rings is 2. The number of hydrogen-bond acceptors (Lipinski definition) is 0. The molecule has 4 heteroatoms. The summed E-state index contributed by atoms with van der Waals surface area (Å²) in [5.41, 5.74) is 2.72. The molecule has 3 aromatic rings. The molecule has 0 radical (unpaired) electrons. The van der Waals surface area contributed by atoms with Gasteiger partial charge in [0.1, 0.15) is 0 Å². The third kappa shape index (κ3) is 3.78. The van der Waals surface area contributed by atoms with Crippen molar-refractivity contribution in [3.63, 3.8) is 0 Å². The molecule has 0 spiro atoms. The monoisotopic (exact) mass is 478 g/mol. The molecule has 19 heavy (non-hydrogen) atoms. The van der Waals surface area contributed by atoms with Gasteiger partial charge in [-0.25, -0.2) is 0 Å². The van der Waals surface area contributed by atoms with Gasteiger partial charge < -0.3 is 37.2 Å². The van der Waals surface area contributed by atoms with Crippen molar-refractivity contribution in [2.45, 2.75) is 13.8 Å². The molecule has 3 rings (SSSR count). The van der Waals surface area contributed by atoms with E-state index in [4.69, 9.17) is 0 Å². The minimum Gasteiger partial charge on any atom is -1.00 e. The van der Waals surface area contributed by atoms with Gasteiger partial charge in [-0.2, -0.15) is 0 Å². The molecule has 3 aromatic carbocycles. The molecule has 0 saturated heterocycles. The van der Waals surface area contributed by atoms with Crippen LogP contribution in [0.2, 0.25) is 0 Å². The normalized spacial score (nSPS) is 8.95. The Balaban J connectivity index is 0. The molecule has 0 bridgehead atoms.